The van der Waals surface area contributed by atoms with E-state index in [9.17, 15) is 4.79 Å². The summed E-state index contributed by atoms with van der Waals surface area (Å²) in [6.45, 7) is 7.38. The van der Waals surface area contributed by atoms with E-state index in [-0.39, 0.29) is 11.8 Å². The standard InChI is InChI=1S/C26H32N8O/c1-19-6-3-4-8-21(19)22-9-10-24(31-30-22)34-11-5-7-20(17-34)26(35)29-23-16-25(28-18-27-23)33-14-12-32(2)13-15-33/h3-4,6,8-10,16,18,20H,5,7,11-15,17H2,1-2H3,(H,27,28,29,35). The number of piperidine rings is 1. The van der Waals surface area contributed by atoms with Crippen LogP contribution in [0.1, 0.15) is 18.4 Å². The van der Waals surface area contributed by atoms with Crippen molar-refractivity contribution in [3.05, 3.63) is 54.4 Å². The monoisotopic (exact) mass is 472 g/mol. The first-order valence-electron chi connectivity index (χ1n) is 12.3. The van der Waals surface area contributed by atoms with Crippen LogP contribution in [0, 0.1) is 12.8 Å². The third-order valence-corrected chi connectivity index (χ3v) is 6.92. The molecule has 9 heteroatoms. The third-order valence-electron chi connectivity index (χ3n) is 6.92. The van der Waals surface area contributed by atoms with E-state index in [1.54, 1.807) is 0 Å². The summed E-state index contributed by atoms with van der Waals surface area (Å²) in [6.07, 6.45) is 3.30. The highest BCUT2D eigenvalue weighted by molar-refractivity contribution is 5.92. The Bertz CT molecular complexity index is 1160. The molecule has 2 aromatic heterocycles. The molecule has 1 unspecified atom stereocenters. The molecule has 0 bridgehead atoms. The van der Waals surface area contributed by atoms with Crippen LogP contribution in [0.15, 0.2) is 48.8 Å². The molecule has 2 fully saturated rings. The van der Waals surface area contributed by atoms with Crippen LogP contribution in [0.4, 0.5) is 17.5 Å². The first-order valence-corrected chi connectivity index (χ1v) is 12.3. The van der Waals surface area contributed by atoms with Crippen LogP contribution >= 0.6 is 0 Å². The maximum Gasteiger partial charge on any atom is 0.230 e. The van der Waals surface area contributed by atoms with E-state index in [1.807, 2.05) is 30.3 Å². The number of nitrogens with one attached hydrogen (secondary N) is 1. The van der Waals surface area contributed by atoms with Gasteiger partial charge in [-0.3, -0.25) is 4.79 Å². The number of rotatable bonds is 5. The fraction of sp³-hybridized carbons (Fsp3) is 0.423. The lowest BCUT2D eigenvalue weighted by atomic mass is 9.97. The number of carbonyl (C=O) groups excluding carboxylic acids is 1. The van der Waals surface area contributed by atoms with Crippen molar-refractivity contribution in [3.63, 3.8) is 0 Å². The lowest BCUT2D eigenvalue weighted by Gasteiger charge is -2.33. The Balaban J connectivity index is 1.22. The summed E-state index contributed by atoms with van der Waals surface area (Å²) >= 11 is 0. The van der Waals surface area contributed by atoms with Crippen molar-refractivity contribution in [2.24, 2.45) is 5.92 Å². The number of aryl methyl sites for hydroxylation is 1. The Hall–Kier alpha value is -3.59. The van der Waals surface area contributed by atoms with Gasteiger partial charge >= 0.3 is 0 Å². The Morgan fingerprint density at radius 1 is 0.943 bits per heavy atom. The van der Waals surface area contributed by atoms with Crippen molar-refractivity contribution in [1.29, 1.82) is 0 Å². The van der Waals surface area contributed by atoms with Crippen LogP contribution in [0.5, 0.6) is 0 Å². The lowest BCUT2D eigenvalue weighted by molar-refractivity contribution is -0.120. The highest BCUT2D eigenvalue weighted by Gasteiger charge is 2.27. The Morgan fingerprint density at radius 2 is 1.77 bits per heavy atom. The van der Waals surface area contributed by atoms with Gasteiger partial charge in [0.2, 0.25) is 5.91 Å². The summed E-state index contributed by atoms with van der Waals surface area (Å²) in [5.41, 5.74) is 3.12. The predicted molar refractivity (Wildman–Crippen MR) is 138 cm³/mol. The Kier molecular flexibility index (Phi) is 6.85. The highest BCUT2D eigenvalue weighted by atomic mass is 16.2. The molecule has 3 aromatic rings. The predicted octanol–water partition coefficient (Wildman–Crippen LogP) is 2.85. The van der Waals surface area contributed by atoms with Crippen LogP contribution in [-0.4, -0.2) is 77.3 Å². The van der Waals surface area contributed by atoms with E-state index < -0.39 is 0 Å². The van der Waals surface area contributed by atoms with Crippen LogP contribution in [0.25, 0.3) is 11.3 Å². The van der Waals surface area contributed by atoms with Crippen molar-refractivity contribution >= 4 is 23.4 Å². The van der Waals surface area contributed by atoms with Crippen molar-refractivity contribution in [2.75, 3.05) is 61.4 Å². The number of aromatic nitrogens is 4. The number of anilines is 3. The van der Waals surface area contributed by atoms with Gasteiger partial charge < -0.3 is 20.0 Å². The minimum Gasteiger partial charge on any atom is -0.354 e. The molecule has 1 N–H and O–H groups in total. The van der Waals surface area contributed by atoms with E-state index >= 15 is 0 Å². The van der Waals surface area contributed by atoms with E-state index in [2.05, 4.69) is 66.3 Å². The summed E-state index contributed by atoms with van der Waals surface area (Å²) in [4.78, 5) is 28.5. The van der Waals surface area contributed by atoms with E-state index in [0.29, 0.717) is 12.4 Å². The van der Waals surface area contributed by atoms with Gasteiger partial charge in [0.25, 0.3) is 0 Å². The molecule has 0 saturated carbocycles. The van der Waals surface area contributed by atoms with Gasteiger partial charge in [0.05, 0.1) is 11.6 Å². The molecule has 9 nitrogen and oxygen atoms in total. The van der Waals surface area contributed by atoms with Gasteiger partial charge in [-0.15, -0.1) is 10.2 Å². The average Bonchev–Trinajstić information content (AvgIpc) is 2.90. The second-order valence-corrected chi connectivity index (χ2v) is 9.42. The molecule has 0 radical (unpaired) electrons. The fourth-order valence-electron chi connectivity index (χ4n) is 4.75. The van der Waals surface area contributed by atoms with Gasteiger partial charge in [-0.1, -0.05) is 24.3 Å². The van der Waals surface area contributed by atoms with Crippen LogP contribution < -0.4 is 15.1 Å². The number of hydrogen-bond acceptors (Lipinski definition) is 8. The lowest BCUT2D eigenvalue weighted by Crippen LogP contribution is -2.44. The number of amides is 1. The quantitative estimate of drug-likeness (QED) is 0.606. The second kappa shape index (κ2) is 10.4. The van der Waals surface area contributed by atoms with Crippen LogP contribution in [0.3, 0.4) is 0 Å². The van der Waals surface area contributed by atoms with Crippen LogP contribution in [-0.2, 0) is 4.79 Å². The summed E-state index contributed by atoms with van der Waals surface area (Å²) < 4.78 is 0. The van der Waals surface area contributed by atoms with Crippen molar-refractivity contribution < 1.29 is 4.79 Å². The molecule has 5 rings (SSSR count). The topological polar surface area (TPSA) is 90.4 Å². The second-order valence-electron chi connectivity index (χ2n) is 9.42. The summed E-state index contributed by atoms with van der Waals surface area (Å²) in [6, 6.07) is 14.1. The largest absolute Gasteiger partial charge is 0.354 e. The molecule has 1 aromatic carbocycles. The van der Waals surface area contributed by atoms with E-state index in [0.717, 1.165) is 68.5 Å². The number of carbonyl (C=O) groups is 1. The molecule has 0 spiro atoms. The zero-order chi connectivity index (χ0) is 24.2. The van der Waals surface area contributed by atoms with E-state index in [1.165, 1.54) is 11.9 Å². The summed E-state index contributed by atoms with van der Waals surface area (Å²) in [7, 11) is 2.13. The molecule has 182 valence electrons. The molecule has 1 amide bonds. The average molecular weight is 473 g/mol. The SMILES string of the molecule is Cc1ccccc1-c1ccc(N2CCCC(C(=O)Nc3cc(N4CCN(C)CC4)ncn3)C2)nn1. The normalized spacial score (nSPS) is 19.0. The smallest absolute Gasteiger partial charge is 0.230 e. The molecular formula is C26H32N8O. The van der Waals surface area contributed by atoms with Gasteiger partial charge in [-0.2, -0.15) is 0 Å². The molecule has 0 aliphatic carbocycles. The zero-order valence-corrected chi connectivity index (χ0v) is 20.4. The minimum atomic E-state index is -0.136. The minimum absolute atomic E-state index is 0.0118. The van der Waals surface area contributed by atoms with Crippen LogP contribution in [0.2, 0.25) is 0 Å². The fourth-order valence-corrected chi connectivity index (χ4v) is 4.75. The van der Waals surface area contributed by atoms with Gasteiger partial charge in [0.1, 0.15) is 18.0 Å². The van der Waals surface area contributed by atoms with Gasteiger partial charge in [0, 0.05) is 50.9 Å². The Labute approximate surface area is 206 Å². The maximum absolute atomic E-state index is 13.1. The number of piperazine rings is 1. The molecule has 4 heterocycles. The van der Waals surface area contributed by atoms with Crippen molar-refractivity contribution in [2.45, 2.75) is 19.8 Å². The first kappa shape index (κ1) is 23.2. The molecule has 2 saturated heterocycles. The van der Waals surface area contributed by atoms with Crippen molar-refractivity contribution in [1.82, 2.24) is 25.1 Å². The number of benzene rings is 1. The van der Waals surface area contributed by atoms with Crippen molar-refractivity contribution in [3.8, 4) is 11.3 Å². The van der Waals surface area contributed by atoms with Gasteiger partial charge in [-0.05, 0) is 44.5 Å². The molecule has 1 atom stereocenters. The highest BCUT2D eigenvalue weighted by Crippen LogP contribution is 2.26. The third kappa shape index (κ3) is 5.40. The number of nitrogens with zero attached hydrogens (tertiary/aromatic N) is 7. The maximum atomic E-state index is 13.1. The van der Waals surface area contributed by atoms with E-state index in [4.69, 9.17) is 0 Å². The molecule has 35 heavy (non-hydrogen) atoms. The summed E-state index contributed by atoms with van der Waals surface area (Å²) in [5, 5.41) is 12.0. The number of likely N-dealkylation sites (N-methyl/N-ethyl adjacent to an activating group) is 1. The van der Waals surface area contributed by atoms with Gasteiger partial charge in [0.15, 0.2) is 5.82 Å². The molecular weight excluding hydrogens is 440 g/mol. The number of hydrogen-bond donors (Lipinski definition) is 1. The molecule has 2 aliphatic rings. The Morgan fingerprint density at radius 3 is 2.54 bits per heavy atom. The molecule has 2 aliphatic heterocycles. The first-order chi connectivity index (χ1) is 17.1. The van der Waals surface area contributed by atoms with Gasteiger partial charge in [-0.25, -0.2) is 9.97 Å². The zero-order valence-electron chi connectivity index (χ0n) is 20.4. The summed E-state index contributed by atoms with van der Waals surface area (Å²) in [5.74, 6) is 2.07.